The Hall–Kier alpha value is -1.65. The van der Waals surface area contributed by atoms with Crippen molar-refractivity contribution < 1.29 is 14.8 Å². The fourth-order valence-electron chi connectivity index (χ4n) is 2.29. The van der Waals surface area contributed by atoms with E-state index in [1.807, 2.05) is 0 Å². The number of nitrogens with zero attached hydrogens (tertiary/aromatic N) is 1. The van der Waals surface area contributed by atoms with E-state index in [-0.39, 0.29) is 6.42 Å². The van der Waals surface area contributed by atoms with Gasteiger partial charge in [0.25, 0.3) is 0 Å². The van der Waals surface area contributed by atoms with Crippen molar-refractivity contribution in [3.05, 3.63) is 34.4 Å². The molecule has 0 saturated heterocycles. The number of carboxylic acids is 1. The summed E-state index contributed by atoms with van der Waals surface area (Å²) in [6.45, 7) is 2.21. The molecule has 0 radical (unpaired) electrons. The minimum Gasteiger partial charge on any atom is -0.476 e. The summed E-state index contributed by atoms with van der Waals surface area (Å²) in [6, 6.07) is -1.45. The van der Waals surface area contributed by atoms with Crippen LogP contribution in [0.3, 0.4) is 0 Å². The minimum atomic E-state index is -1.45. The van der Waals surface area contributed by atoms with Gasteiger partial charge >= 0.3 is 12.0 Å². The Morgan fingerprint density at radius 2 is 1.57 bits per heavy atom. The second-order valence-electron chi connectivity index (χ2n) is 5.81. The van der Waals surface area contributed by atoms with Crippen LogP contribution in [0.1, 0.15) is 77.6 Å². The summed E-state index contributed by atoms with van der Waals surface area (Å²) < 4.78 is 0. The summed E-state index contributed by atoms with van der Waals surface area (Å²) in [5.41, 5.74) is 0. The average Bonchev–Trinajstić information content (AvgIpc) is 2.50. The summed E-state index contributed by atoms with van der Waals surface area (Å²) in [5, 5.41) is 19.2. The molecular formula is C18H31NO4. The number of nitro groups is 1. The Kier molecular flexibility index (Phi) is 14.2. The molecule has 132 valence electrons. The molecule has 1 unspecified atom stereocenters. The molecule has 0 fully saturated rings. The van der Waals surface area contributed by atoms with Gasteiger partial charge in [0.15, 0.2) is 0 Å². The molecule has 0 rings (SSSR count). The summed E-state index contributed by atoms with van der Waals surface area (Å²) in [7, 11) is 0. The molecule has 0 aromatic carbocycles. The van der Waals surface area contributed by atoms with Gasteiger partial charge in [-0.2, -0.15) is 0 Å². The van der Waals surface area contributed by atoms with E-state index in [0.29, 0.717) is 6.42 Å². The molecule has 0 bridgehead atoms. The van der Waals surface area contributed by atoms with E-state index in [9.17, 15) is 14.9 Å². The van der Waals surface area contributed by atoms with Crippen LogP contribution in [0, 0.1) is 10.1 Å². The summed E-state index contributed by atoms with van der Waals surface area (Å²) in [4.78, 5) is 20.5. The molecule has 5 heteroatoms. The SMILES string of the molecule is CCCCC/C=C/C/C=C/CCCCCCC(C(=O)O)[N+](=O)[O-]. The van der Waals surface area contributed by atoms with Crippen LogP contribution >= 0.6 is 0 Å². The number of hydrogen-bond donors (Lipinski definition) is 1. The van der Waals surface area contributed by atoms with Crippen molar-refractivity contribution in [1.82, 2.24) is 0 Å². The van der Waals surface area contributed by atoms with Crippen molar-refractivity contribution in [1.29, 1.82) is 0 Å². The number of aliphatic carboxylic acids is 1. The molecule has 0 aliphatic carbocycles. The Bertz CT molecular complexity index is 363. The third-order valence-corrected chi connectivity index (χ3v) is 3.72. The lowest BCUT2D eigenvalue weighted by Gasteiger charge is -2.04. The molecule has 0 aliphatic heterocycles. The highest BCUT2D eigenvalue weighted by molar-refractivity contribution is 5.71. The number of rotatable bonds is 15. The van der Waals surface area contributed by atoms with Crippen LogP contribution in [0.5, 0.6) is 0 Å². The number of unbranched alkanes of at least 4 members (excludes halogenated alkanes) is 7. The second kappa shape index (κ2) is 15.3. The Morgan fingerprint density at radius 3 is 2.09 bits per heavy atom. The standard InChI is InChI=1S/C18H31NO4/c1-2-3-4-5-6-7-8-9-10-11-12-13-14-15-16-17(18(20)21)19(22)23/h6-7,9-10,17H,2-5,8,11-16H2,1H3,(H,20,21)/b7-6+,10-9+. The molecule has 0 heterocycles. The first-order chi connectivity index (χ1) is 11.1. The van der Waals surface area contributed by atoms with Gasteiger partial charge in [0.2, 0.25) is 0 Å². The van der Waals surface area contributed by atoms with Crippen molar-refractivity contribution in [3.63, 3.8) is 0 Å². The first-order valence-electron chi connectivity index (χ1n) is 8.75. The predicted octanol–water partition coefficient (Wildman–Crippen LogP) is 5.14. The maximum absolute atomic E-state index is 10.6. The van der Waals surface area contributed by atoms with E-state index in [4.69, 9.17) is 5.11 Å². The Labute approximate surface area is 139 Å². The number of allylic oxidation sites excluding steroid dienone is 4. The van der Waals surface area contributed by atoms with Crippen molar-refractivity contribution >= 4 is 5.97 Å². The van der Waals surface area contributed by atoms with Crippen molar-refractivity contribution in [2.24, 2.45) is 0 Å². The Morgan fingerprint density at radius 1 is 1.00 bits per heavy atom. The molecule has 0 aromatic heterocycles. The van der Waals surface area contributed by atoms with E-state index < -0.39 is 16.9 Å². The highest BCUT2D eigenvalue weighted by atomic mass is 16.6. The van der Waals surface area contributed by atoms with Gasteiger partial charge in [0.1, 0.15) is 0 Å². The lowest BCUT2D eigenvalue weighted by atomic mass is 10.1. The number of carbonyl (C=O) groups is 1. The van der Waals surface area contributed by atoms with Crippen LogP contribution in [0.15, 0.2) is 24.3 Å². The predicted molar refractivity (Wildman–Crippen MR) is 93.2 cm³/mol. The smallest absolute Gasteiger partial charge is 0.379 e. The van der Waals surface area contributed by atoms with Gasteiger partial charge in [-0.25, -0.2) is 4.79 Å². The molecule has 1 atom stereocenters. The second-order valence-corrected chi connectivity index (χ2v) is 5.81. The van der Waals surface area contributed by atoms with Gasteiger partial charge < -0.3 is 5.11 Å². The zero-order chi connectivity index (χ0) is 17.3. The highest BCUT2D eigenvalue weighted by Gasteiger charge is 2.27. The molecule has 0 aromatic rings. The van der Waals surface area contributed by atoms with Crippen LogP contribution in [0.4, 0.5) is 0 Å². The lowest BCUT2D eigenvalue weighted by molar-refractivity contribution is -0.511. The van der Waals surface area contributed by atoms with Crippen molar-refractivity contribution in [2.45, 2.75) is 83.6 Å². The van der Waals surface area contributed by atoms with Crippen molar-refractivity contribution in [2.75, 3.05) is 0 Å². The van der Waals surface area contributed by atoms with Crippen LogP contribution in [0.25, 0.3) is 0 Å². The van der Waals surface area contributed by atoms with E-state index in [0.717, 1.165) is 32.1 Å². The van der Waals surface area contributed by atoms with Gasteiger partial charge in [-0.1, -0.05) is 56.9 Å². The first-order valence-corrected chi connectivity index (χ1v) is 8.75. The Balaban J connectivity index is 3.46. The third kappa shape index (κ3) is 13.7. The molecule has 1 N–H and O–H groups in total. The largest absolute Gasteiger partial charge is 0.476 e. The monoisotopic (exact) mass is 325 g/mol. The molecule has 0 spiro atoms. The minimum absolute atomic E-state index is 0.126. The van der Waals surface area contributed by atoms with Crippen LogP contribution in [0.2, 0.25) is 0 Å². The van der Waals surface area contributed by atoms with E-state index >= 15 is 0 Å². The quantitative estimate of drug-likeness (QED) is 0.196. The maximum Gasteiger partial charge on any atom is 0.379 e. The zero-order valence-electron chi connectivity index (χ0n) is 14.3. The fourth-order valence-corrected chi connectivity index (χ4v) is 2.29. The van der Waals surface area contributed by atoms with Crippen LogP contribution in [-0.4, -0.2) is 22.0 Å². The molecule has 0 aliphatic rings. The van der Waals surface area contributed by atoms with Gasteiger partial charge in [-0.05, 0) is 38.5 Å². The molecule has 0 amide bonds. The molecular weight excluding hydrogens is 294 g/mol. The molecule has 23 heavy (non-hydrogen) atoms. The average molecular weight is 325 g/mol. The van der Waals surface area contributed by atoms with Gasteiger partial charge in [-0.3, -0.25) is 10.1 Å². The number of carboxylic acid groups (broad SMARTS) is 1. The summed E-state index contributed by atoms with van der Waals surface area (Å²) >= 11 is 0. The van der Waals surface area contributed by atoms with Gasteiger partial charge in [0.05, 0.1) is 0 Å². The maximum atomic E-state index is 10.6. The summed E-state index contributed by atoms with van der Waals surface area (Å²) in [6.07, 6.45) is 19.4. The highest BCUT2D eigenvalue weighted by Crippen LogP contribution is 2.10. The topological polar surface area (TPSA) is 80.4 Å². The molecule has 0 saturated carbocycles. The lowest BCUT2D eigenvalue weighted by Crippen LogP contribution is -2.28. The zero-order valence-corrected chi connectivity index (χ0v) is 14.3. The van der Waals surface area contributed by atoms with Crippen LogP contribution < -0.4 is 0 Å². The number of hydrogen-bond acceptors (Lipinski definition) is 3. The van der Waals surface area contributed by atoms with E-state index in [2.05, 4.69) is 31.2 Å². The van der Waals surface area contributed by atoms with Gasteiger partial charge in [-0.15, -0.1) is 0 Å². The van der Waals surface area contributed by atoms with E-state index in [1.54, 1.807) is 0 Å². The van der Waals surface area contributed by atoms with Crippen molar-refractivity contribution in [3.8, 4) is 0 Å². The van der Waals surface area contributed by atoms with Gasteiger partial charge in [0, 0.05) is 11.3 Å². The molecule has 5 nitrogen and oxygen atoms in total. The summed E-state index contributed by atoms with van der Waals surface area (Å²) in [5.74, 6) is -1.33. The van der Waals surface area contributed by atoms with E-state index in [1.165, 1.54) is 25.7 Å². The third-order valence-electron chi connectivity index (χ3n) is 3.72. The normalized spacial score (nSPS) is 12.9. The fraction of sp³-hybridized carbons (Fsp3) is 0.722. The van der Waals surface area contributed by atoms with Crippen LogP contribution in [-0.2, 0) is 4.79 Å². The first kappa shape index (κ1) is 21.4.